The number of carbonyl (C=O) groups is 4. The molecule has 1 rings (SSSR count). The molecule has 0 unspecified atom stereocenters. The third-order valence-corrected chi connectivity index (χ3v) is 12.5. The van der Waals surface area contributed by atoms with Gasteiger partial charge in [0.1, 0.15) is 5.78 Å². The minimum atomic E-state index is -0.0939. The largest absolute Gasteiger partial charge is 0.326 e. The molecular formula is C55H99N3O4. The second-order valence-electron chi connectivity index (χ2n) is 18.7. The van der Waals surface area contributed by atoms with Crippen LogP contribution >= 0.6 is 0 Å². The lowest BCUT2D eigenvalue weighted by Gasteiger charge is -2.19. The topological polar surface area (TPSA) is 104 Å². The van der Waals surface area contributed by atoms with Crippen molar-refractivity contribution in [1.29, 1.82) is 0 Å². The monoisotopic (exact) mass is 866 g/mol. The Bertz CT molecular complexity index is 1080. The maximum atomic E-state index is 13.5. The number of amides is 3. The molecule has 1 aromatic rings. The van der Waals surface area contributed by atoms with Gasteiger partial charge in [0.2, 0.25) is 17.7 Å². The van der Waals surface area contributed by atoms with Gasteiger partial charge in [-0.2, -0.15) is 0 Å². The zero-order chi connectivity index (χ0) is 45.1. The number of benzene rings is 1. The van der Waals surface area contributed by atoms with Crippen molar-refractivity contribution < 1.29 is 19.2 Å². The summed E-state index contributed by atoms with van der Waals surface area (Å²) in [6.07, 6.45) is 44.5. The van der Waals surface area contributed by atoms with Gasteiger partial charge in [0.25, 0.3) is 0 Å². The Balaban J connectivity index is 3.07. The summed E-state index contributed by atoms with van der Waals surface area (Å²) in [6.45, 7) is 8.97. The Labute approximate surface area is 383 Å². The van der Waals surface area contributed by atoms with Crippen LogP contribution in [-0.4, -0.2) is 23.5 Å². The minimum Gasteiger partial charge on any atom is -0.326 e. The van der Waals surface area contributed by atoms with Gasteiger partial charge in [-0.1, -0.05) is 233 Å². The van der Waals surface area contributed by atoms with Crippen molar-refractivity contribution in [3.8, 4) is 0 Å². The Morgan fingerprint density at radius 1 is 0.306 bits per heavy atom. The van der Waals surface area contributed by atoms with Gasteiger partial charge < -0.3 is 16.0 Å². The third-order valence-electron chi connectivity index (χ3n) is 12.5. The van der Waals surface area contributed by atoms with Crippen molar-refractivity contribution >= 4 is 40.6 Å². The summed E-state index contributed by atoms with van der Waals surface area (Å²) in [4.78, 5) is 53.7. The van der Waals surface area contributed by atoms with Crippen LogP contribution in [0, 0.1) is 0 Å². The number of nitrogens with one attached hydrogen (secondary N) is 3. The van der Waals surface area contributed by atoms with Gasteiger partial charge in [0.15, 0.2) is 0 Å². The molecule has 0 aliphatic heterocycles. The predicted octanol–water partition coefficient (Wildman–Crippen LogP) is 17.3. The van der Waals surface area contributed by atoms with Crippen LogP contribution in [0.3, 0.4) is 0 Å². The van der Waals surface area contributed by atoms with Gasteiger partial charge in [-0.25, -0.2) is 0 Å². The zero-order valence-electron chi connectivity index (χ0n) is 41.3. The lowest BCUT2D eigenvalue weighted by atomic mass is 9.99. The second-order valence-corrected chi connectivity index (χ2v) is 18.7. The molecule has 1 aromatic carbocycles. The number of carbonyl (C=O) groups excluding carboxylic acids is 4. The van der Waals surface area contributed by atoms with Crippen LogP contribution in [0.1, 0.15) is 290 Å². The van der Waals surface area contributed by atoms with Crippen molar-refractivity contribution in [1.82, 2.24) is 0 Å². The van der Waals surface area contributed by atoms with E-state index in [-0.39, 0.29) is 29.9 Å². The Morgan fingerprint density at radius 2 is 0.548 bits per heavy atom. The number of unbranched alkanes of at least 4 members (excludes halogenated alkanes) is 32. The average molecular weight is 866 g/mol. The quantitative estimate of drug-likeness (QED) is 0.0568. The van der Waals surface area contributed by atoms with Crippen LogP contribution in [-0.2, 0) is 25.6 Å². The SMILES string of the molecule is CCCCCCCCCCCC(=O)Cc1cc(NC(=O)CCCCCCCCCCC)c(NC(=O)CCCCCCCCCCC)cc1NC(=O)CCCCCCCCCCC. The lowest BCUT2D eigenvalue weighted by molar-refractivity contribution is -0.119. The molecule has 0 aliphatic carbocycles. The van der Waals surface area contributed by atoms with Gasteiger partial charge >= 0.3 is 0 Å². The summed E-state index contributed by atoms with van der Waals surface area (Å²) >= 11 is 0. The zero-order valence-corrected chi connectivity index (χ0v) is 41.3. The summed E-state index contributed by atoms with van der Waals surface area (Å²) in [6, 6.07) is 3.63. The van der Waals surface area contributed by atoms with Gasteiger partial charge in [0.05, 0.1) is 11.4 Å². The molecule has 0 saturated carbocycles. The first-order valence-corrected chi connectivity index (χ1v) is 26.9. The molecule has 0 spiro atoms. The van der Waals surface area contributed by atoms with E-state index in [1.54, 1.807) is 6.07 Å². The van der Waals surface area contributed by atoms with Crippen LogP contribution < -0.4 is 16.0 Å². The lowest BCUT2D eigenvalue weighted by Crippen LogP contribution is -2.19. The molecular weight excluding hydrogens is 767 g/mol. The molecule has 62 heavy (non-hydrogen) atoms. The molecule has 0 atom stereocenters. The van der Waals surface area contributed by atoms with Crippen LogP contribution in [0.5, 0.6) is 0 Å². The summed E-state index contributed by atoms with van der Waals surface area (Å²) < 4.78 is 0. The van der Waals surface area contributed by atoms with Crippen molar-refractivity contribution in [3.63, 3.8) is 0 Å². The van der Waals surface area contributed by atoms with E-state index in [0.717, 1.165) is 77.0 Å². The normalized spacial score (nSPS) is 11.2. The van der Waals surface area contributed by atoms with E-state index in [4.69, 9.17) is 0 Å². The molecule has 0 aliphatic rings. The number of hydrogen-bond donors (Lipinski definition) is 3. The summed E-state index contributed by atoms with van der Waals surface area (Å²) in [7, 11) is 0. The van der Waals surface area contributed by atoms with Gasteiger partial charge in [-0.15, -0.1) is 0 Å². The summed E-state index contributed by atoms with van der Waals surface area (Å²) in [5.74, 6) is -0.119. The highest BCUT2D eigenvalue weighted by Crippen LogP contribution is 2.32. The first-order chi connectivity index (χ1) is 30.3. The Morgan fingerprint density at radius 3 is 0.855 bits per heavy atom. The maximum absolute atomic E-state index is 13.5. The molecule has 3 amide bonds. The highest BCUT2D eigenvalue weighted by Gasteiger charge is 2.18. The first-order valence-electron chi connectivity index (χ1n) is 26.9. The molecule has 0 fully saturated rings. The molecule has 0 aromatic heterocycles. The highest BCUT2D eigenvalue weighted by molar-refractivity contribution is 6.02. The fourth-order valence-corrected chi connectivity index (χ4v) is 8.47. The molecule has 7 nitrogen and oxygen atoms in total. The van der Waals surface area contributed by atoms with E-state index < -0.39 is 0 Å². The third kappa shape index (κ3) is 33.8. The van der Waals surface area contributed by atoms with Crippen LogP contribution in [0.4, 0.5) is 17.1 Å². The fraction of sp³-hybridized carbons (Fsp3) is 0.818. The molecule has 3 N–H and O–H groups in total. The summed E-state index contributed by atoms with van der Waals surface area (Å²) in [5, 5.41) is 9.36. The molecule has 0 bridgehead atoms. The van der Waals surface area contributed by atoms with E-state index in [2.05, 4.69) is 43.6 Å². The van der Waals surface area contributed by atoms with Crippen molar-refractivity contribution in [2.75, 3.05) is 16.0 Å². The van der Waals surface area contributed by atoms with Gasteiger partial charge in [-0.3, -0.25) is 19.2 Å². The van der Waals surface area contributed by atoms with Crippen LogP contribution in [0.25, 0.3) is 0 Å². The second kappa shape index (κ2) is 42.3. The number of ketones is 1. The number of Topliss-reactive ketones (excluding diaryl/α,β-unsaturated/α-hetero) is 1. The highest BCUT2D eigenvalue weighted by atomic mass is 16.2. The van der Waals surface area contributed by atoms with Crippen LogP contribution in [0.15, 0.2) is 12.1 Å². The van der Waals surface area contributed by atoms with E-state index in [0.29, 0.717) is 48.3 Å². The molecule has 0 saturated heterocycles. The Kier molecular flexibility index (Phi) is 39.1. The molecule has 0 radical (unpaired) electrons. The van der Waals surface area contributed by atoms with E-state index in [1.807, 2.05) is 6.07 Å². The Hall–Kier alpha value is -2.70. The van der Waals surface area contributed by atoms with E-state index in [9.17, 15) is 19.2 Å². The number of rotatable bonds is 45. The molecule has 7 heteroatoms. The van der Waals surface area contributed by atoms with Gasteiger partial charge in [-0.05, 0) is 43.4 Å². The van der Waals surface area contributed by atoms with Crippen LogP contribution in [0.2, 0.25) is 0 Å². The van der Waals surface area contributed by atoms with Crippen molar-refractivity contribution in [2.45, 2.75) is 291 Å². The fourth-order valence-electron chi connectivity index (χ4n) is 8.47. The molecule has 0 heterocycles. The number of hydrogen-bond acceptors (Lipinski definition) is 4. The van der Waals surface area contributed by atoms with Gasteiger partial charge in [0, 0.05) is 37.8 Å². The van der Waals surface area contributed by atoms with E-state index >= 15 is 0 Å². The standard InChI is InChI=1S/C55H99N3O4/c1-5-9-13-17-21-25-29-33-37-41-49(59)45-48-46-51(57-54(61)43-39-35-31-27-23-19-15-11-7-3)52(58-55(62)44-40-36-32-28-24-20-16-12-8-4)47-50(48)56-53(60)42-38-34-30-26-22-18-14-10-6-2/h46-47H,5-45H2,1-4H3,(H,56,60)(H,57,61)(H,58,62). The predicted molar refractivity (Wildman–Crippen MR) is 268 cm³/mol. The minimum absolute atomic E-state index is 0.0744. The average Bonchev–Trinajstić information content (AvgIpc) is 3.25. The maximum Gasteiger partial charge on any atom is 0.224 e. The molecule has 358 valence electrons. The smallest absolute Gasteiger partial charge is 0.224 e. The van der Waals surface area contributed by atoms with Crippen molar-refractivity contribution in [3.05, 3.63) is 17.7 Å². The number of anilines is 3. The van der Waals surface area contributed by atoms with Crippen molar-refractivity contribution in [2.24, 2.45) is 0 Å². The first kappa shape index (κ1) is 57.3. The summed E-state index contributed by atoms with van der Waals surface area (Å²) in [5.41, 5.74) is 2.25. The van der Waals surface area contributed by atoms with E-state index in [1.165, 1.54) is 154 Å².